The average molecular weight is 251 g/mol. The molecule has 8 nitrogen and oxygen atoms in total. The van der Waals surface area contributed by atoms with Crippen molar-refractivity contribution in [3.05, 3.63) is 21.8 Å². The van der Waals surface area contributed by atoms with Crippen LogP contribution < -0.4 is 5.32 Å². The first-order chi connectivity index (χ1) is 8.72. The number of esters is 1. The molecule has 18 heavy (non-hydrogen) atoms. The zero-order valence-corrected chi connectivity index (χ0v) is 9.92. The minimum Gasteiger partial charge on any atom is -0.465 e. The molecule has 1 N–H and O–H groups in total. The minimum absolute atomic E-state index is 0.00789. The summed E-state index contributed by atoms with van der Waals surface area (Å²) in [4.78, 5) is 13.9. The predicted octanol–water partition coefficient (Wildman–Crippen LogP) is 0.973. The molecular weight excluding hydrogens is 238 g/mol. The van der Waals surface area contributed by atoms with Gasteiger partial charge in [-0.1, -0.05) is 0 Å². The summed E-state index contributed by atoms with van der Waals surface area (Å²) >= 11 is 0. The maximum atomic E-state index is 11.3. The summed E-state index contributed by atoms with van der Waals surface area (Å²) in [6, 6.07) is 1.65. The van der Waals surface area contributed by atoms with Gasteiger partial charge in [0, 0.05) is 18.1 Å². The lowest BCUT2D eigenvalue weighted by atomic mass is 10.2. The number of methoxy groups -OCH3 is 1. The maximum Gasteiger partial charge on any atom is 0.350 e. The van der Waals surface area contributed by atoms with Crippen LogP contribution in [0, 0.1) is 11.3 Å². The highest BCUT2D eigenvalue weighted by Crippen LogP contribution is 2.12. The second kappa shape index (κ2) is 7.17. The van der Waals surface area contributed by atoms with Crippen molar-refractivity contribution in [1.29, 1.82) is 5.26 Å². The van der Waals surface area contributed by atoms with Gasteiger partial charge in [-0.25, -0.2) is 4.79 Å². The van der Waals surface area contributed by atoms with E-state index in [0.29, 0.717) is 13.2 Å². The molecule has 1 heterocycles. The van der Waals surface area contributed by atoms with Crippen molar-refractivity contribution in [2.45, 2.75) is 18.9 Å². The van der Waals surface area contributed by atoms with E-state index in [-0.39, 0.29) is 17.5 Å². The standard InChI is InChI=1S/C10H13N5O3/c1-17-10(16)8(5-11)9(14-15-12)13-6-7-3-2-4-18-7/h7,13H,2-4,6H2,1H3/b9-8+. The minimum atomic E-state index is -0.847. The monoisotopic (exact) mass is 251 g/mol. The van der Waals surface area contributed by atoms with E-state index in [1.54, 1.807) is 6.07 Å². The third-order valence-corrected chi connectivity index (χ3v) is 2.40. The van der Waals surface area contributed by atoms with Crippen LogP contribution in [0.4, 0.5) is 0 Å². The molecule has 96 valence electrons. The van der Waals surface area contributed by atoms with Crippen molar-refractivity contribution in [3.8, 4) is 6.07 Å². The summed E-state index contributed by atoms with van der Waals surface area (Å²) < 4.78 is 9.79. The fraction of sp³-hybridized carbons (Fsp3) is 0.600. The number of ether oxygens (including phenoxy) is 2. The Morgan fingerprint density at radius 3 is 3.06 bits per heavy atom. The van der Waals surface area contributed by atoms with Crippen LogP contribution in [0.25, 0.3) is 10.4 Å². The molecule has 1 saturated heterocycles. The van der Waals surface area contributed by atoms with Crippen LogP contribution in [-0.2, 0) is 14.3 Å². The first kappa shape index (κ1) is 13.8. The third kappa shape index (κ3) is 3.66. The van der Waals surface area contributed by atoms with Crippen LogP contribution in [0.3, 0.4) is 0 Å². The molecule has 1 rings (SSSR count). The Balaban J connectivity index is 2.79. The topological polar surface area (TPSA) is 120 Å². The summed E-state index contributed by atoms with van der Waals surface area (Å²) in [5.74, 6) is -0.984. The Kier molecular flexibility index (Phi) is 5.51. The zero-order valence-electron chi connectivity index (χ0n) is 9.92. The van der Waals surface area contributed by atoms with Gasteiger partial charge in [0.2, 0.25) is 0 Å². The molecule has 0 spiro atoms. The highest BCUT2D eigenvalue weighted by Gasteiger charge is 2.18. The number of rotatable bonds is 5. The van der Waals surface area contributed by atoms with Crippen molar-refractivity contribution in [3.63, 3.8) is 0 Å². The Hall–Kier alpha value is -2.23. The molecule has 1 fully saturated rings. The van der Waals surface area contributed by atoms with Gasteiger partial charge in [-0.05, 0) is 23.5 Å². The largest absolute Gasteiger partial charge is 0.465 e. The molecule has 0 bridgehead atoms. The number of nitrogens with zero attached hydrogens (tertiary/aromatic N) is 4. The van der Waals surface area contributed by atoms with Gasteiger partial charge in [0.1, 0.15) is 11.9 Å². The average Bonchev–Trinajstić information content (AvgIpc) is 2.89. The van der Waals surface area contributed by atoms with Crippen molar-refractivity contribution in [2.24, 2.45) is 5.11 Å². The molecular formula is C10H13N5O3. The van der Waals surface area contributed by atoms with Gasteiger partial charge in [0.05, 0.1) is 13.2 Å². The normalized spacial score (nSPS) is 19.2. The van der Waals surface area contributed by atoms with E-state index in [9.17, 15) is 4.79 Å². The van der Waals surface area contributed by atoms with E-state index in [2.05, 4.69) is 20.1 Å². The van der Waals surface area contributed by atoms with Gasteiger partial charge < -0.3 is 14.8 Å². The smallest absolute Gasteiger partial charge is 0.350 e. The molecule has 1 atom stereocenters. The Bertz CT molecular complexity index is 427. The lowest BCUT2D eigenvalue weighted by Gasteiger charge is -2.12. The molecule has 0 aromatic heterocycles. The van der Waals surface area contributed by atoms with Gasteiger partial charge >= 0.3 is 5.97 Å². The Morgan fingerprint density at radius 1 is 1.78 bits per heavy atom. The van der Waals surface area contributed by atoms with E-state index in [0.717, 1.165) is 20.0 Å². The highest BCUT2D eigenvalue weighted by atomic mass is 16.5. The van der Waals surface area contributed by atoms with E-state index in [4.69, 9.17) is 15.5 Å². The molecule has 0 amide bonds. The molecule has 0 radical (unpaired) electrons. The third-order valence-electron chi connectivity index (χ3n) is 2.40. The number of azide groups is 1. The van der Waals surface area contributed by atoms with Crippen molar-refractivity contribution >= 4 is 5.97 Å². The number of nitrogens with one attached hydrogen (secondary N) is 1. The molecule has 0 aliphatic carbocycles. The maximum absolute atomic E-state index is 11.3. The van der Waals surface area contributed by atoms with E-state index in [1.165, 1.54) is 0 Å². The second-order valence-corrected chi connectivity index (χ2v) is 3.53. The number of carbonyl (C=O) groups excluding carboxylic acids is 1. The fourth-order valence-corrected chi connectivity index (χ4v) is 1.53. The van der Waals surface area contributed by atoms with Crippen molar-refractivity contribution in [1.82, 2.24) is 5.32 Å². The van der Waals surface area contributed by atoms with Gasteiger partial charge in [0.15, 0.2) is 5.57 Å². The van der Waals surface area contributed by atoms with Gasteiger partial charge in [-0.2, -0.15) is 5.26 Å². The second-order valence-electron chi connectivity index (χ2n) is 3.53. The first-order valence-corrected chi connectivity index (χ1v) is 5.36. The summed E-state index contributed by atoms with van der Waals surface area (Å²) in [7, 11) is 1.15. The van der Waals surface area contributed by atoms with Crippen LogP contribution in [0.5, 0.6) is 0 Å². The van der Waals surface area contributed by atoms with E-state index in [1.807, 2.05) is 0 Å². The number of hydrogen-bond donors (Lipinski definition) is 1. The summed E-state index contributed by atoms with van der Waals surface area (Å²) in [5, 5.41) is 14.9. The first-order valence-electron chi connectivity index (χ1n) is 5.36. The zero-order chi connectivity index (χ0) is 13.4. The number of hydrogen-bond acceptors (Lipinski definition) is 6. The van der Waals surface area contributed by atoms with Crippen LogP contribution in [0.2, 0.25) is 0 Å². The lowest BCUT2D eigenvalue weighted by molar-refractivity contribution is -0.135. The SMILES string of the molecule is COC(=O)/C(C#N)=C(/N=[N+]=[N-])NCC1CCCO1. The van der Waals surface area contributed by atoms with Crippen LogP contribution >= 0.6 is 0 Å². The Morgan fingerprint density at radius 2 is 2.56 bits per heavy atom. The van der Waals surface area contributed by atoms with Crippen LogP contribution in [0.15, 0.2) is 16.5 Å². The molecule has 0 saturated carbocycles. The number of carbonyl (C=O) groups is 1. The molecule has 0 aromatic rings. The Labute approximate surface area is 104 Å². The van der Waals surface area contributed by atoms with Gasteiger partial charge in [-0.3, -0.25) is 0 Å². The van der Waals surface area contributed by atoms with Gasteiger partial charge in [-0.15, -0.1) is 0 Å². The van der Waals surface area contributed by atoms with Gasteiger partial charge in [0.25, 0.3) is 0 Å². The number of nitriles is 1. The fourth-order valence-electron chi connectivity index (χ4n) is 1.53. The molecule has 1 unspecified atom stereocenters. The quantitative estimate of drug-likeness (QED) is 0.195. The van der Waals surface area contributed by atoms with Crippen LogP contribution in [-0.4, -0.2) is 32.3 Å². The molecule has 1 aliphatic heterocycles. The highest BCUT2D eigenvalue weighted by molar-refractivity contribution is 5.93. The summed E-state index contributed by atoms with van der Waals surface area (Å²) in [6.07, 6.45) is 1.84. The van der Waals surface area contributed by atoms with Crippen LogP contribution in [0.1, 0.15) is 12.8 Å². The van der Waals surface area contributed by atoms with E-state index < -0.39 is 5.97 Å². The molecule has 1 aliphatic rings. The summed E-state index contributed by atoms with van der Waals surface area (Å²) in [6.45, 7) is 1.06. The van der Waals surface area contributed by atoms with Crippen molar-refractivity contribution < 1.29 is 14.3 Å². The predicted molar refractivity (Wildman–Crippen MR) is 60.8 cm³/mol. The lowest BCUT2D eigenvalue weighted by Crippen LogP contribution is -2.27. The summed E-state index contributed by atoms with van der Waals surface area (Å²) in [5.41, 5.74) is 8.07. The molecule has 8 heteroatoms. The molecule has 0 aromatic carbocycles. The van der Waals surface area contributed by atoms with E-state index >= 15 is 0 Å². The van der Waals surface area contributed by atoms with Crippen molar-refractivity contribution in [2.75, 3.05) is 20.3 Å².